The number of carbonyl (C=O) groups is 2. The van der Waals surface area contributed by atoms with Gasteiger partial charge in [-0.15, -0.1) is 12.4 Å². The molecule has 3 aromatic carbocycles. The predicted octanol–water partition coefficient (Wildman–Crippen LogP) is 5.00. The SMILES string of the molecule is COc1ccc(CN)cc1Cc1[nH]c2ccccc2c1C1=C(c2c(C)[nH]c3ccccc23)C(=O)NC1=O.Cl. The molecule has 2 aromatic heterocycles. The molecule has 0 aliphatic carbocycles. The van der Waals surface area contributed by atoms with Gasteiger partial charge in [-0.25, -0.2) is 0 Å². The number of ether oxygens (including phenoxy) is 1. The summed E-state index contributed by atoms with van der Waals surface area (Å²) in [6.07, 6.45) is 0.464. The van der Waals surface area contributed by atoms with Crippen molar-refractivity contribution >= 4 is 57.2 Å². The van der Waals surface area contributed by atoms with E-state index in [1.807, 2.05) is 73.7 Å². The molecule has 0 saturated carbocycles. The van der Waals surface area contributed by atoms with Crippen LogP contribution in [0.3, 0.4) is 0 Å². The van der Waals surface area contributed by atoms with Crippen LogP contribution in [-0.2, 0) is 22.6 Å². The molecule has 7 nitrogen and oxygen atoms in total. The van der Waals surface area contributed by atoms with Gasteiger partial charge in [-0.1, -0.05) is 48.5 Å². The van der Waals surface area contributed by atoms with Crippen molar-refractivity contribution in [2.75, 3.05) is 7.11 Å². The van der Waals surface area contributed by atoms with E-state index < -0.39 is 11.8 Å². The fourth-order valence-electron chi connectivity index (χ4n) is 5.43. The van der Waals surface area contributed by atoms with Gasteiger partial charge in [0, 0.05) is 62.8 Å². The van der Waals surface area contributed by atoms with Gasteiger partial charge >= 0.3 is 0 Å². The number of hydrogen-bond donors (Lipinski definition) is 4. The number of halogens is 1. The minimum atomic E-state index is -0.404. The van der Waals surface area contributed by atoms with Crippen LogP contribution in [0.25, 0.3) is 33.0 Å². The Morgan fingerprint density at radius 3 is 2.08 bits per heavy atom. The van der Waals surface area contributed by atoms with Crippen molar-refractivity contribution in [3.63, 3.8) is 0 Å². The standard InChI is InChI=1S/C30H26N4O3.ClH/c1-16-25(19-7-3-5-9-21(19)32-16)27-28(30(36)34-29(27)35)26-20-8-4-6-10-22(20)33-23(26)14-18-13-17(15-31)11-12-24(18)37-2;/h3-13,32-33H,14-15,31H2,1-2H3,(H,34,35,36);1H. The zero-order valence-electron chi connectivity index (χ0n) is 21.0. The van der Waals surface area contributed by atoms with Crippen LogP contribution in [0.2, 0.25) is 0 Å². The maximum absolute atomic E-state index is 13.5. The minimum absolute atomic E-state index is 0. The van der Waals surface area contributed by atoms with Crippen molar-refractivity contribution in [3.8, 4) is 5.75 Å². The predicted molar refractivity (Wildman–Crippen MR) is 152 cm³/mol. The van der Waals surface area contributed by atoms with Crippen LogP contribution in [0.15, 0.2) is 66.7 Å². The number of carbonyl (C=O) groups excluding carboxylic acids is 2. The largest absolute Gasteiger partial charge is 0.496 e. The van der Waals surface area contributed by atoms with Crippen LogP contribution in [0, 0.1) is 6.92 Å². The zero-order chi connectivity index (χ0) is 25.7. The van der Waals surface area contributed by atoms with E-state index in [1.165, 1.54) is 0 Å². The molecule has 0 radical (unpaired) electrons. The van der Waals surface area contributed by atoms with Gasteiger partial charge in [-0.05, 0) is 30.7 Å². The molecule has 0 bridgehead atoms. The number of H-pyrrole nitrogens is 2. The first kappa shape index (κ1) is 25.3. The molecule has 0 saturated heterocycles. The normalized spacial score (nSPS) is 13.3. The van der Waals surface area contributed by atoms with E-state index in [4.69, 9.17) is 10.5 Å². The van der Waals surface area contributed by atoms with E-state index in [1.54, 1.807) is 7.11 Å². The Hall–Kier alpha value is -4.33. The van der Waals surface area contributed by atoms with Gasteiger partial charge in [0.25, 0.3) is 11.8 Å². The quantitative estimate of drug-likeness (QED) is 0.233. The maximum Gasteiger partial charge on any atom is 0.259 e. The lowest BCUT2D eigenvalue weighted by molar-refractivity contribution is -0.122. The Morgan fingerprint density at radius 2 is 1.42 bits per heavy atom. The maximum atomic E-state index is 13.5. The molecule has 5 N–H and O–H groups in total. The number of aromatic amines is 2. The third-order valence-electron chi connectivity index (χ3n) is 7.06. The molecular weight excluding hydrogens is 500 g/mol. The first-order valence-corrected chi connectivity index (χ1v) is 12.1. The molecule has 38 heavy (non-hydrogen) atoms. The van der Waals surface area contributed by atoms with Crippen LogP contribution in [0.5, 0.6) is 5.75 Å². The van der Waals surface area contributed by atoms with Gasteiger partial charge in [0.1, 0.15) is 5.75 Å². The number of nitrogens with two attached hydrogens (primary N) is 1. The average molecular weight is 527 g/mol. The number of benzene rings is 3. The van der Waals surface area contributed by atoms with Crippen molar-refractivity contribution in [1.82, 2.24) is 15.3 Å². The third kappa shape index (κ3) is 3.97. The fraction of sp³-hybridized carbons (Fsp3) is 0.133. The lowest BCUT2D eigenvalue weighted by Crippen LogP contribution is -2.23. The van der Waals surface area contributed by atoms with Crippen LogP contribution in [0.1, 0.15) is 33.6 Å². The van der Waals surface area contributed by atoms with Gasteiger partial charge in [0.05, 0.1) is 18.3 Å². The highest BCUT2D eigenvalue weighted by atomic mass is 35.5. The van der Waals surface area contributed by atoms with Gasteiger partial charge in [0.2, 0.25) is 0 Å². The topological polar surface area (TPSA) is 113 Å². The van der Waals surface area contributed by atoms with E-state index in [0.29, 0.717) is 24.1 Å². The van der Waals surface area contributed by atoms with E-state index in [0.717, 1.165) is 61.2 Å². The summed E-state index contributed by atoms with van der Waals surface area (Å²) >= 11 is 0. The number of imide groups is 1. The molecule has 0 atom stereocenters. The first-order valence-electron chi connectivity index (χ1n) is 12.1. The van der Waals surface area contributed by atoms with Gasteiger partial charge < -0.3 is 20.4 Å². The first-order chi connectivity index (χ1) is 18.0. The van der Waals surface area contributed by atoms with Crippen molar-refractivity contribution in [2.24, 2.45) is 5.73 Å². The molecule has 192 valence electrons. The lowest BCUT2D eigenvalue weighted by Gasteiger charge is -2.12. The van der Waals surface area contributed by atoms with Gasteiger partial charge in [-0.2, -0.15) is 0 Å². The van der Waals surface area contributed by atoms with Crippen molar-refractivity contribution < 1.29 is 14.3 Å². The highest BCUT2D eigenvalue weighted by Gasteiger charge is 2.37. The summed E-state index contributed by atoms with van der Waals surface area (Å²) in [7, 11) is 1.64. The average Bonchev–Trinajstić information content (AvgIpc) is 3.52. The Bertz CT molecular complexity index is 1760. The van der Waals surface area contributed by atoms with Crippen molar-refractivity contribution in [1.29, 1.82) is 0 Å². The van der Waals surface area contributed by atoms with Crippen LogP contribution >= 0.6 is 12.4 Å². The minimum Gasteiger partial charge on any atom is -0.496 e. The van der Waals surface area contributed by atoms with Crippen LogP contribution in [-0.4, -0.2) is 28.9 Å². The summed E-state index contributed by atoms with van der Waals surface area (Å²) in [4.78, 5) is 33.7. The molecular formula is C30H27ClN4O3. The highest BCUT2D eigenvalue weighted by molar-refractivity contribution is 6.51. The number of aromatic nitrogens is 2. The monoisotopic (exact) mass is 526 g/mol. The van der Waals surface area contributed by atoms with E-state index in [2.05, 4.69) is 15.3 Å². The number of aryl methyl sites for hydroxylation is 1. The Balaban J connectivity index is 0.00000294. The third-order valence-corrected chi connectivity index (χ3v) is 7.06. The number of amides is 2. The molecule has 6 rings (SSSR count). The highest BCUT2D eigenvalue weighted by Crippen LogP contribution is 2.41. The van der Waals surface area contributed by atoms with E-state index in [-0.39, 0.29) is 12.4 Å². The molecule has 5 aromatic rings. The second-order valence-corrected chi connectivity index (χ2v) is 9.26. The Labute approximate surface area is 225 Å². The summed E-state index contributed by atoms with van der Waals surface area (Å²) in [6.45, 7) is 2.33. The molecule has 1 aliphatic rings. The summed E-state index contributed by atoms with van der Waals surface area (Å²) in [6, 6.07) is 21.5. The summed E-state index contributed by atoms with van der Waals surface area (Å²) < 4.78 is 5.63. The fourth-order valence-corrected chi connectivity index (χ4v) is 5.43. The number of methoxy groups -OCH3 is 1. The smallest absolute Gasteiger partial charge is 0.259 e. The van der Waals surface area contributed by atoms with Crippen LogP contribution in [0.4, 0.5) is 0 Å². The summed E-state index contributed by atoms with van der Waals surface area (Å²) in [5.74, 6) is -0.0689. The number of nitrogens with one attached hydrogen (secondary N) is 3. The van der Waals surface area contributed by atoms with E-state index in [9.17, 15) is 9.59 Å². The second-order valence-electron chi connectivity index (χ2n) is 9.26. The Kier molecular flexibility index (Phi) is 6.57. The van der Waals surface area contributed by atoms with Gasteiger partial charge in [0.15, 0.2) is 0 Å². The molecule has 1 aliphatic heterocycles. The number of fused-ring (bicyclic) bond motifs is 2. The van der Waals surface area contributed by atoms with Crippen LogP contribution < -0.4 is 15.8 Å². The molecule has 3 heterocycles. The number of hydrogen-bond acceptors (Lipinski definition) is 4. The number of para-hydroxylation sites is 2. The molecule has 0 spiro atoms. The second kappa shape index (κ2) is 9.85. The Morgan fingerprint density at radius 1 is 0.816 bits per heavy atom. The summed E-state index contributed by atoms with van der Waals surface area (Å²) in [5, 5.41) is 4.34. The number of rotatable bonds is 6. The molecule has 0 fully saturated rings. The van der Waals surface area contributed by atoms with Crippen molar-refractivity contribution in [3.05, 3.63) is 100 Å². The lowest BCUT2D eigenvalue weighted by atomic mass is 9.91. The van der Waals surface area contributed by atoms with Gasteiger partial charge in [-0.3, -0.25) is 14.9 Å². The molecule has 0 unspecified atom stereocenters. The molecule has 2 amide bonds. The zero-order valence-corrected chi connectivity index (χ0v) is 21.8. The molecule has 8 heteroatoms. The van der Waals surface area contributed by atoms with E-state index >= 15 is 0 Å². The summed E-state index contributed by atoms with van der Waals surface area (Å²) in [5.41, 5.74) is 13.5. The van der Waals surface area contributed by atoms with Crippen molar-refractivity contribution in [2.45, 2.75) is 19.9 Å².